The average molecular weight is 415 g/mol. The van der Waals surface area contributed by atoms with E-state index in [2.05, 4.69) is 15.8 Å². The topological polar surface area (TPSA) is 89.6 Å². The summed E-state index contributed by atoms with van der Waals surface area (Å²) in [5.74, 6) is -0.415. The Morgan fingerprint density at radius 1 is 1.07 bits per heavy atom. The fraction of sp³-hybridized carbons (Fsp3) is 0.150. The van der Waals surface area contributed by atoms with E-state index in [1.165, 1.54) is 43.8 Å². The van der Waals surface area contributed by atoms with Gasteiger partial charge in [0, 0.05) is 17.0 Å². The number of ether oxygens (including phenoxy) is 2. The van der Waals surface area contributed by atoms with Gasteiger partial charge in [-0.15, -0.1) is 11.3 Å². The molecular weight excluding hydrogens is 397 g/mol. The van der Waals surface area contributed by atoms with E-state index in [1.54, 1.807) is 29.6 Å². The summed E-state index contributed by atoms with van der Waals surface area (Å²) < 4.78 is 23.3. The van der Waals surface area contributed by atoms with Crippen molar-refractivity contribution >= 4 is 23.2 Å². The maximum Gasteiger partial charge on any atom is 0.273 e. The van der Waals surface area contributed by atoms with Crippen LogP contribution < -0.4 is 20.3 Å². The van der Waals surface area contributed by atoms with Crippen LogP contribution >= 0.6 is 11.3 Å². The van der Waals surface area contributed by atoms with Crippen molar-refractivity contribution in [1.29, 1.82) is 0 Å². The number of rotatable bonds is 6. The Morgan fingerprint density at radius 3 is 2.52 bits per heavy atom. The Labute approximate surface area is 170 Å². The Bertz CT molecular complexity index is 1020. The second-order valence-corrected chi connectivity index (χ2v) is 6.75. The fourth-order valence-electron chi connectivity index (χ4n) is 2.50. The molecule has 2 aromatic carbocycles. The minimum atomic E-state index is -0.525. The Morgan fingerprint density at radius 2 is 1.83 bits per heavy atom. The quantitative estimate of drug-likeness (QED) is 0.604. The van der Waals surface area contributed by atoms with Crippen LogP contribution in [0.5, 0.6) is 11.5 Å². The van der Waals surface area contributed by atoms with Crippen molar-refractivity contribution in [2.45, 2.75) is 6.42 Å². The number of halogens is 1. The van der Waals surface area contributed by atoms with Crippen LogP contribution in [-0.2, 0) is 11.2 Å². The van der Waals surface area contributed by atoms with E-state index in [1.807, 2.05) is 0 Å². The SMILES string of the molecule is COc1ccc(C(=O)NNC(=O)Cc2csc(-c3ccc(F)cc3)n2)c(OC)c1. The van der Waals surface area contributed by atoms with Crippen LogP contribution in [0.2, 0.25) is 0 Å². The Kier molecular flexibility index (Phi) is 6.40. The van der Waals surface area contributed by atoms with Crippen LogP contribution in [-0.4, -0.2) is 31.0 Å². The first-order chi connectivity index (χ1) is 14.0. The lowest BCUT2D eigenvalue weighted by molar-refractivity contribution is -0.121. The number of thiazole rings is 1. The summed E-state index contributed by atoms with van der Waals surface area (Å²) in [6, 6.07) is 10.7. The highest BCUT2D eigenvalue weighted by atomic mass is 32.1. The number of methoxy groups -OCH3 is 2. The summed E-state index contributed by atoms with van der Waals surface area (Å²) >= 11 is 1.35. The lowest BCUT2D eigenvalue weighted by atomic mass is 10.2. The lowest BCUT2D eigenvalue weighted by Crippen LogP contribution is -2.42. The molecule has 0 spiro atoms. The number of hydrogen-bond donors (Lipinski definition) is 2. The van der Waals surface area contributed by atoms with Crippen LogP contribution in [0.25, 0.3) is 10.6 Å². The summed E-state index contributed by atoms with van der Waals surface area (Å²) in [4.78, 5) is 28.8. The first-order valence-corrected chi connectivity index (χ1v) is 9.39. The number of carbonyl (C=O) groups excluding carboxylic acids is 2. The van der Waals surface area contributed by atoms with E-state index >= 15 is 0 Å². The maximum atomic E-state index is 13.0. The molecule has 0 unspecified atom stereocenters. The molecule has 2 amide bonds. The third-order valence-corrected chi connectivity index (χ3v) is 4.89. The van der Waals surface area contributed by atoms with Gasteiger partial charge in [-0.2, -0.15) is 0 Å². The molecule has 0 bridgehead atoms. The molecule has 7 nitrogen and oxygen atoms in total. The third kappa shape index (κ3) is 5.08. The molecule has 9 heteroatoms. The maximum absolute atomic E-state index is 13.0. The molecule has 1 aromatic heterocycles. The molecule has 0 aliphatic rings. The van der Waals surface area contributed by atoms with Gasteiger partial charge in [-0.05, 0) is 36.4 Å². The van der Waals surface area contributed by atoms with Crippen LogP contribution in [0.1, 0.15) is 16.1 Å². The molecule has 29 heavy (non-hydrogen) atoms. The molecule has 2 N–H and O–H groups in total. The number of carbonyl (C=O) groups is 2. The highest BCUT2D eigenvalue weighted by Gasteiger charge is 2.15. The number of aromatic nitrogens is 1. The second-order valence-electron chi connectivity index (χ2n) is 5.90. The predicted molar refractivity (Wildman–Crippen MR) is 106 cm³/mol. The van der Waals surface area contributed by atoms with Gasteiger partial charge in [-0.1, -0.05) is 0 Å². The highest BCUT2D eigenvalue weighted by molar-refractivity contribution is 7.13. The van der Waals surface area contributed by atoms with Gasteiger partial charge in [-0.3, -0.25) is 20.4 Å². The van der Waals surface area contributed by atoms with Crippen LogP contribution in [0, 0.1) is 5.82 Å². The van der Waals surface area contributed by atoms with Crippen molar-refractivity contribution in [2.24, 2.45) is 0 Å². The van der Waals surface area contributed by atoms with Crippen molar-refractivity contribution < 1.29 is 23.5 Å². The molecule has 0 saturated carbocycles. The van der Waals surface area contributed by atoms with Crippen LogP contribution in [0.15, 0.2) is 47.8 Å². The summed E-state index contributed by atoms with van der Waals surface area (Å²) in [6.45, 7) is 0. The summed E-state index contributed by atoms with van der Waals surface area (Å²) in [6.07, 6.45) is -0.0161. The van der Waals surface area contributed by atoms with E-state index in [9.17, 15) is 14.0 Å². The molecule has 0 radical (unpaired) electrons. The van der Waals surface area contributed by atoms with E-state index in [0.717, 1.165) is 5.56 Å². The Balaban J connectivity index is 1.58. The van der Waals surface area contributed by atoms with Gasteiger partial charge in [0.2, 0.25) is 5.91 Å². The van der Waals surface area contributed by atoms with Gasteiger partial charge in [0.05, 0.1) is 31.9 Å². The molecule has 0 aliphatic carbocycles. The van der Waals surface area contributed by atoms with Gasteiger partial charge in [0.25, 0.3) is 5.91 Å². The smallest absolute Gasteiger partial charge is 0.273 e. The van der Waals surface area contributed by atoms with E-state index < -0.39 is 11.8 Å². The minimum absolute atomic E-state index is 0.0161. The van der Waals surface area contributed by atoms with Crippen molar-refractivity contribution in [1.82, 2.24) is 15.8 Å². The van der Waals surface area contributed by atoms with Gasteiger partial charge in [-0.25, -0.2) is 9.37 Å². The molecule has 0 saturated heterocycles. The van der Waals surface area contributed by atoms with Crippen molar-refractivity contribution in [2.75, 3.05) is 14.2 Å². The lowest BCUT2D eigenvalue weighted by Gasteiger charge is -2.11. The van der Waals surface area contributed by atoms with Gasteiger partial charge >= 0.3 is 0 Å². The zero-order valence-electron chi connectivity index (χ0n) is 15.7. The van der Waals surface area contributed by atoms with E-state index in [-0.39, 0.29) is 17.8 Å². The zero-order valence-corrected chi connectivity index (χ0v) is 16.5. The molecule has 3 rings (SSSR count). The monoisotopic (exact) mass is 415 g/mol. The minimum Gasteiger partial charge on any atom is -0.497 e. The molecule has 3 aromatic rings. The summed E-state index contributed by atoms with van der Waals surface area (Å²) in [7, 11) is 2.94. The summed E-state index contributed by atoms with van der Waals surface area (Å²) in [5, 5.41) is 2.42. The van der Waals surface area contributed by atoms with Crippen molar-refractivity contribution in [3.8, 4) is 22.1 Å². The van der Waals surface area contributed by atoms with Gasteiger partial charge in [0.1, 0.15) is 22.3 Å². The largest absolute Gasteiger partial charge is 0.497 e. The van der Waals surface area contributed by atoms with Crippen molar-refractivity contribution in [3.05, 3.63) is 64.9 Å². The molecule has 0 atom stereocenters. The molecular formula is C20H18FN3O4S. The van der Waals surface area contributed by atoms with Gasteiger partial charge in [0.15, 0.2) is 0 Å². The molecule has 0 fully saturated rings. The van der Waals surface area contributed by atoms with Crippen LogP contribution in [0.3, 0.4) is 0 Å². The fourth-order valence-corrected chi connectivity index (χ4v) is 3.33. The number of hydrazine groups is 1. The van der Waals surface area contributed by atoms with E-state index in [4.69, 9.17) is 9.47 Å². The third-order valence-electron chi connectivity index (χ3n) is 3.95. The average Bonchev–Trinajstić information content (AvgIpc) is 3.20. The number of benzene rings is 2. The molecule has 1 heterocycles. The van der Waals surface area contributed by atoms with Gasteiger partial charge < -0.3 is 9.47 Å². The Hall–Kier alpha value is -3.46. The predicted octanol–water partition coefficient (Wildman–Crippen LogP) is 2.97. The second kappa shape index (κ2) is 9.16. The zero-order chi connectivity index (χ0) is 20.8. The first kappa shape index (κ1) is 20.3. The number of nitrogens with zero attached hydrogens (tertiary/aromatic N) is 1. The number of hydrogen-bond acceptors (Lipinski definition) is 6. The summed E-state index contributed by atoms with van der Waals surface area (Å²) in [5.41, 5.74) is 6.27. The van der Waals surface area contributed by atoms with Crippen LogP contribution in [0.4, 0.5) is 4.39 Å². The number of amides is 2. The highest BCUT2D eigenvalue weighted by Crippen LogP contribution is 2.25. The first-order valence-electron chi connectivity index (χ1n) is 8.51. The molecule has 150 valence electrons. The molecule has 0 aliphatic heterocycles. The van der Waals surface area contributed by atoms with Crippen molar-refractivity contribution in [3.63, 3.8) is 0 Å². The number of nitrogens with one attached hydrogen (secondary N) is 2. The normalized spacial score (nSPS) is 10.3. The standard InChI is InChI=1S/C20H18FN3O4S/c1-27-15-7-8-16(17(10-15)28-2)19(26)24-23-18(25)9-14-11-29-20(22-14)12-3-5-13(21)6-4-12/h3-8,10-11H,9H2,1-2H3,(H,23,25)(H,24,26). The van der Waals surface area contributed by atoms with E-state index in [0.29, 0.717) is 22.2 Å².